The maximum atomic E-state index is 12.4. The first kappa shape index (κ1) is 21.9. The summed E-state index contributed by atoms with van der Waals surface area (Å²) in [5.74, 6) is 0.198. The number of fused-ring (bicyclic) bond motifs is 1. The predicted molar refractivity (Wildman–Crippen MR) is 118 cm³/mol. The average molecular weight is 429 g/mol. The summed E-state index contributed by atoms with van der Waals surface area (Å²) >= 11 is 0. The highest BCUT2D eigenvalue weighted by Crippen LogP contribution is 2.31. The number of hydrogen-bond acceptors (Lipinski definition) is 7. The van der Waals surface area contributed by atoms with Gasteiger partial charge >= 0.3 is 0 Å². The van der Waals surface area contributed by atoms with Gasteiger partial charge in [-0.15, -0.1) is 0 Å². The Balaban J connectivity index is 1.37. The molecule has 0 aromatic carbocycles. The van der Waals surface area contributed by atoms with Gasteiger partial charge in [-0.1, -0.05) is 12.5 Å². The molecule has 2 saturated heterocycles. The number of carbonyl (C=O) groups is 1. The lowest BCUT2D eigenvalue weighted by molar-refractivity contribution is -0.111. The minimum Gasteiger partial charge on any atom is -0.376 e. The summed E-state index contributed by atoms with van der Waals surface area (Å²) in [6.45, 7) is 7.62. The molecular weight excluding hydrogens is 396 g/mol. The van der Waals surface area contributed by atoms with Crippen molar-refractivity contribution in [3.05, 3.63) is 24.8 Å². The van der Waals surface area contributed by atoms with Gasteiger partial charge in [0.2, 0.25) is 5.91 Å². The van der Waals surface area contributed by atoms with Crippen molar-refractivity contribution in [2.24, 2.45) is 0 Å². The second kappa shape index (κ2) is 10.3. The van der Waals surface area contributed by atoms with Crippen LogP contribution in [-0.2, 0) is 14.3 Å². The van der Waals surface area contributed by atoms with Gasteiger partial charge in [0, 0.05) is 12.6 Å². The minimum atomic E-state index is -0.213. The summed E-state index contributed by atoms with van der Waals surface area (Å²) < 4.78 is 13.7. The number of nitrogens with one attached hydrogen (secondary N) is 1. The number of imidazole rings is 1. The van der Waals surface area contributed by atoms with E-state index in [0.717, 1.165) is 32.5 Å². The van der Waals surface area contributed by atoms with Crippen molar-refractivity contribution in [2.75, 3.05) is 31.6 Å². The predicted octanol–water partition coefficient (Wildman–Crippen LogP) is 2.91. The van der Waals surface area contributed by atoms with Gasteiger partial charge in [-0.3, -0.25) is 14.3 Å². The van der Waals surface area contributed by atoms with Crippen molar-refractivity contribution in [3.63, 3.8) is 0 Å². The zero-order valence-corrected chi connectivity index (χ0v) is 18.4. The number of aromatic nitrogens is 4. The largest absolute Gasteiger partial charge is 0.376 e. The van der Waals surface area contributed by atoms with Crippen molar-refractivity contribution in [2.45, 2.75) is 64.4 Å². The smallest absolute Gasteiger partial charge is 0.249 e. The molecule has 0 aliphatic carbocycles. The third-order valence-electron chi connectivity index (χ3n) is 5.69. The summed E-state index contributed by atoms with van der Waals surface area (Å²) in [6.07, 6.45) is 12.3. The lowest BCUT2D eigenvalue weighted by Crippen LogP contribution is -2.29. The molecule has 2 aliphatic heterocycles. The first-order valence-corrected chi connectivity index (χ1v) is 11.2. The van der Waals surface area contributed by atoms with Crippen LogP contribution in [0.25, 0.3) is 11.2 Å². The van der Waals surface area contributed by atoms with Gasteiger partial charge in [0.15, 0.2) is 17.0 Å². The van der Waals surface area contributed by atoms with Crippen LogP contribution in [0, 0.1) is 0 Å². The summed E-state index contributed by atoms with van der Waals surface area (Å²) in [7, 11) is 0. The van der Waals surface area contributed by atoms with E-state index in [4.69, 9.17) is 9.47 Å². The van der Waals surface area contributed by atoms with Gasteiger partial charge in [-0.05, 0) is 52.6 Å². The Labute approximate surface area is 182 Å². The molecule has 31 heavy (non-hydrogen) atoms. The fourth-order valence-corrected chi connectivity index (χ4v) is 4.08. The molecule has 4 rings (SSSR count). The number of nitrogens with zero attached hydrogens (tertiary/aromatic N) is 5. The van der Waals surface area contributed by atoms with Gasteiger partial charge in [-0.25, -0.2) is 15.0 Å². The van der Waals surface area contributed by atoms with Crippen LogP contribution in [0.2, 0.25) is 0 Å². The molecule has 9 nitrogen and oxygen atoms in total. The van der Waals surface area contributed by atoms with Crippen molar-refractivity contribution < 1.29 is 14.3 Å². The molecule has 2 fully saturated rings. The van der Waals surface area contributed by atoms with Crippen LogP contribution >= 0.6 is 0 Å². The molecule has 2 atom stereocenters. The van der Waals surface area contributed by atoms with Gasteiger partial charge in [0.1, 0.15) is 12.6 Å². The number of rotatable bonds is 8. The van der Waals surface area contributed by atoms with Gasteiger partial charge in [0.25, 0.3) is 0 Å². The molecule has 1 amide bonds. The molecule has 1 N–H and O–H groups in total. The first-order valence-electron chi connectivity index (χ1n) is 11.2. The van der Waals surface area contributed by atoms with E-state index in [2.05, 4.69) is 25.2 Å². The molecule has 0 saturated carbocycles. The van der Waals surface area contributed by atoms with Crippen LogP contribution in [0.4, 0.5) is 5.82 Å². The summed E-state index contributed by atoms with van der Waals surface area (Å²) in [6, 6.07) is 0. The zero-order chi connectivity index (χ0) is 21.6. The SMILES string of the molecule is CC(C)OCC1CCC(n2cnc3c(NC(=O)/C=C/CN4CCCCC4)ncnc32)O1. The zero-order valence-electron chi connectivity index (χ0n) is 18.4. The average Bonchev–Trinajstić information content (AvgIpc) is 3.40. The maximum Gasteiger partial charge on any atom is 0.249 e. The Morgan fingerprint density at radius 2 is 2.10 bits per heavy atom. The van der Waals surface area contributed by atoms with Crippen molar-refractivity contribution >= 4 is 22.9 Å². The van der Waals surface area contributed by atoms with E-state index < -0.39 is 0 Å². The molecular formula is C22H32N6O3. The summed E-state index contributed by atoms with van der Waals surface area (Å²) in [5, 5.41) is 2.84. The van der Waals surface area contributed by atoms with E-state index in [1.165, 1.54) is 25.6 Å². The maximum absolute atomic E-state index is 12.4. The summed E-state index contributed by atoms with van der Waals surface area (Å²) in [4.78, 5) is 27.8. The van der Waals surface area contributed by atoms with Gasteiger partial charge in [0.05, 0.1) is 25.1 Å². The molecule has 168 valence electrons. The molecule has 2 aliphatic rings. The Bertz CT molecular complexity index is 906. The van der Waals surface area contributed by atoms with E-state index in [0.29, 0.717) is 23.6 Å². The number of amides is 1. The molecule has 0 bridgehead atoms. The molecule has 2 unspecified atom stereocenters. The third-order valence-corrected chi connectivity index (χ3v) is 5.69. The van der Waals surface area contributed by atoms with E-state index in [-0.39, 0.29) is 24.3 Å². The first-order chi connectivity index (χ1) is 15.1. The van der Waals surface area contributed by atoms with Crippen LogP contribution in [-0.4, -0.2) is 68.8 Å². The molecule has 9 heteroatoms. The van der Waals surface area contributed by atoms with Crippen LogP contribution in [0.3, 0.4) is 0 Å². The second-order valence-corrected chi connectivity index (χ2v) is 8.47. The van der Waals surface area contributed by atoms with Crippen LogP contribution in [0.1, 0.15) is 52.2 Å². The van der Waals surface area contributed by atoms with Gasteiger partial charge < -0.3 is 14.8 Å². The number of hydrogen-bond donors (Lipinski definition) is 1. The lowest BCUT2D eigenvalue weighted by atomic mass is 10.1. The highest BCUT2D eigenvalue weighted by molar-refractivity contribution is 6.02. The molecule has 0 spiro atoms. The molecule has 0 radical (unpaired) electrons. The molecule has 2 aromatic heterocycles. The Hall–Kier alpha value is -2.36. The Kier molecular flexibility index (Phi) is 7.26. The number of carbonyl (C=O) groups excluding carboxylic acids is 1. The highest BCUT2D eigenvalue weighted by atomic mass is 16.6. The molecule has 2 aromatic rings. The number of piperidine rings is 1. The second-order valence-electron chi connectivity index (χ2n) is 8.47. The van der Waals surface area contributed by atoms with Crippen LogP contribution in [0.5, 0.6) is 0 Å². The number of likely N-dealkylation sites (tertiary alicyclic amines) is 1. The van der Waals surface area contributed by atoms with Crippen molar-refractivity contribution in [1.82, 2.24) is 24.4 Å². The lowest BCUT2D eigenvalue weighted by Gasteiger charge is -2.24. The van der Waals surface area contributed by atoms with E-state index in [1.807, 2.05) is 24.5 Å². The number of anilines is 1. The van der Waals surface area contributed by atoms with Crippen LogP contribution < -0.4 is 5.32 Å². The Morgan fingerprint density at radius 1 is 1.26 bits per heavy atom. The fraction of sp³-hybridized carbons (Fsp3) is 0.636. The van der Waals surface area contributed by atoms with Crippen molar-refractivity contribution in [1.29, 1.82) is 0 Å². The monoisotopic (exact) mass is 428 g/mol. The molecule has 4 heterocycles. The van der Waals surface area contributed by atoms with Crippen molar-refractivity contribution in [3.8, 4) is 0 Å². The number of ether oxygens (including phenoxy) is 2. The highest BCUT2D eigenvalue weighted by Gasteiger charge is 2.28. The normalized spacial score (nSPS) is 22.7. The fourth-order valence-electron chi connectivity index (χ4n) is 4.08. The quantitative estimate of drug-likeness (QED) is 0.646. The standard InChI is InChI=1S/C22H32N6O3/c1-16(2)30-13-17-8-9-19(31-17)28-15-25-20-21(23-14-24-22(20)28)26-18(29)7-6-12-27-10-4-3-5-11-27/h6-7,14-17,19H,3-5,8-13H2,1-2H3,(H,23,24,26,29)/b7-6+. The van der Waals surface area contributed by atoms with E-state index in [9.17, 15) is 4.79 Å². The summed E-state index contributed by atoms with van der Waals surface area (Å²) in [5.41, 5.74) is 1.21. The van der Waals surface area contributed by atoms with Crippen LogP contribution in [0.15, 0.2) is 24.8 Å². The topological polar surface area (TPSA) is 94.4 Å². The van der Waals surface area contributed by atoms with E-state index in [1.54, 1.807) is 12.4 Å². The van der Waals surface area contributed by atoms with Gasteiger partial charge in [-0.2, -0.15) is 0 Å². The third kappa shape index (κ3) is 5.66. The van der Waals surface area contributed by atoms with E-state index >= 15 is 0 Å². The minimum absolute atomic E-state index is 0.0656. The Morgan fingerprint density at radius 3 is 2.90 bits per heavy atom.